The minimum absolute atomic E-state index is 0.0249. The van der Waals surface area contributed by atoms with Gasteiger partial charge in [0, 0.05) is 7.05 Å². The highest BCUT2D eigenvalue weighted by Gasteiger charge is 2.18. The van der Waals surface area contributed by atoms with Crippen LogP contribution in [-0.2, 0) is 0 Å². The minimum Gasteiger partial charge on any atom is -0.478 e. The molecule has 1 aromatic heterocycles. The predicted octanol–water partition coefficient (Wildman–Crippen LogP) is 1.43. The quantitative estimate of drug-likeness (QED) is 0.886. The molecule has 0 saturated heterocycles. The standard InChI is InChI=1S/C11H12F2N2O3/c1-6-7(11(17)18)3-4-8(14-6)10(16)15(2)5-9(12)13/h3-4,9H,5H2,1-2H3,(H,17,18). The molecule has 0 atom stereocenters. The Balaban J connectivity index is 2.94. The zero-order valence-electron chi connectivity index (χ0n) is 9.85. The molecule has 1 N–H and O–H groups in total. The number of aromatic carboxylic acids is 1. The maximum atomic E-state index is 12.1. The second kappa shape index (κ2) is 5.52. The average molecular weight is 258 g/mol. The summed E-state index contributed by atoms with van der Waals surface area (Å²) in [5.74, 6) is -1.82. The van der Waals surface area contributed by atoms with E-state index in [4.69, 9.17) is 5.11 Å². The number of carboxylic acid groups (broad SMARTS) is 1. The van der Waals surface area contributed by atoms with Gasteiger partial charge in [0.2, 0.25) is 0 Å². The number of amides is 1. The molecule has 98 valence electrons. The van der Waals surface area contributed by atoms with Crippen molar-refractivity contribution in [2.45, 2.75) is 13.3 Å². The van der Waals surface area contributed by atoms with Crippen molar-refractivity contribution in [3.63, 3.8) is 0 Å². The maximum absolute atomic E-state index is 12.1. The summed E-state index contributed by atoms with van der Waals surface area (Å²) in [7, 11) is 1.23. The Labute approximate surface area is 102 Å². The molecule has 0 aliphatic heterocycles. The Bertz CT molecular complexity index is 477. The van der Waals surface area contributed by atoms with E-state index >= 15 is 0 Å². The number of rotatable bonds is 4. The fraction of sp³-hybridized carbons (Fsp3) is 0.364. The second-order valence-electron chi connectivity index (χ2n) is 3.71. The molecule has 18 heavy (non-hydrogen) atoms. The van der Waals surface area contributed by atoms with Gasteiger partial charge in [-0.2, -0.15) is 0 Å². The zero-order chi connectivity index (χ0) is 13.9. The van der Waals surface area contributed by atoms with Gasteiger partial charge < -0.3 is 10.0 Å². The van der Waals surface area contributed by atoms with Gasteiger partial charge in [0.15, 0.2) is 0 Å². The van der Waals surface area contributed by atoms with E-state index in [1.807, 2.05) is 0 Å². The lowest BCUT2D eigenvalue weighted by atomic mass is 10.2. The van der Waals surface area contributed by atoms with Crippen LogP contribution < -0.4 is 0 Å². The summed E-state index contributed by atoms with van der Waals surface area (Å²) >= 11 is 0. The van der Waals surface area contributed by atoms with Crippen LogP contribution in [-0.4, -0.2) is 46.9 Å². The van der Waals surface area contributed by atoms with Crippen LogP contribution in [0.3, 0.4) is 0 Å². The number of halogens is 2. The van der Waals surface area contributed by atoms with Crippen molar-refractivity contribution < 1.29 is 23.5 Å². The molecule has 1 aromatic rings. The smallest absolute Gasteiger partial charge is 0.337 e. The van der Waals surface area contributed by atoms with Gasteiger partial charge in [-0.1, -0.05) is 0 Å². The van der Waals surface area contributed by atoms with Gasteiger partial charge in [-0.25, -0.2) is 18.6 Å². The lowest BCUT2D eigenvalue weighted by Crippen LogP contribution is -2.32. The monoisotopic (exact) mass is 258 g/mol. The molecular weight excluding hydrogens is 246 g/mol. The highest BCUT2D eigenvalue weighted by atomic mass is 19.3. The largest absolute Gasteiger partial charge is 0.478 e. The number of pyridine rings is 1. The van der Waals surface area contributed by atoms with E-state index in [0.29, 0.717) is 0 Å². The molecule has 0 aliphatic rings. The summed E-state index contributed by atoms with van der Waals surface area (Å²) in [4.78, 5) is 27.1. The molecule has 0 bridgehead atoms. The number of carbonyl (C=O) groups is 2. The Morgan fingerprint density at radius 2 is 2.06 bits per heavy atom. The van der Waals surface area contributed by atoms with Crippen molar-refractivity contribution in [2.75, 3.05) is 13.6 Å². The maximum Gasteiger partial charge on any atom is 0.337 e. The van der Waals surface area contributed by atoms with E-state index < -0.39 is 24.8 Å². The third-order valence-electron chi connectivity index (χ3n) is 2.29. The summed E-state index contributed by atoms with van der Waals surface area (Å²) in [5, 5.41) is 8.79. The van der Waals surface area contributed by atoms with Crippen LogP contribution in [0.2, 0.25) is 0 Å². The van der Waals surface area contributed by atoms with Gasteiger partial charge in [0.05, 0.1) is 17.8 Å². The lowest BCUT2D eigenvalue weighted by molar-refractivity contribution is 0.0614. The highest BCUT2D eigenvalue weighted by Crippen LogP contribution is 2.09. The predicted molar refractivity (Wildman–Crippen MR) is 58.9 cm³/mol. The molecule has 0 spiro atoms. The number of nitrogens with zero attached hydrogens (tertiary/aromatic N) is 2. The molecule has 1 amide bonds. The molecular formula is C11H12F2N2O3. The van der Waals surface area contributed by atoms with Crippen molar-refractivity contribution in [1.29, 1.82) is 0 Å². The first-order valence-corrected chi connectivity index (χ1v) is 5.07. The minimum atomic E-state index is -2.63. The van der Waals surface area contributed by atoms with Crippen molar-refractivity contribution in [3.8, 4) is 0 Å². The van der Waals surface area contributed by atoms with Gasteiger partial charge >= 0.3 is 5.97 Å². The van der Waals surface area contributed by atoms with Crippen LogP contribution in [0.15, 0.2) is 12.1 Å². The number of alkyl halides is 2. The molecule has 7 heteroatoms. The molecule has 1 rings (SSSR count). The fourth-order valence-electron chi connectivity index (χ4n) is 1.39. The molecule has 0 fully saturated rings. The van der Waals surface area contributed by atoms with E-state index in [0.717, 1.165) is 4.90 Å². The SMILES string of the molecule is Cc1nc(C(=O)N(C)CC(F)F)ccc1C(=O)O. The average Bonchev–Trinajstić information content (AvgIpc) is 2.26. The molecule has 0 aromatic carbocycles. The highest BCUT2D eigenvalue weighted by molar-refractivity contribution is 5.94. The first-order chi connectivity index (χ1) is 8.32. The Morgan fingerprint density at radius 3 is 2.50 bits per heavy atom. The van der Waals surface area contributed by atoms with E-state index in [1.54, 1.807) is 0 Å². The summed E-state index contributed by atoms with van der Waals surface area (Å²) in [6.07, 6.45) is -2.63. The number of carboxylic acids is 1. The van der Waals surface area contributed by atoms with Crippen molar-refractivity contribution in [1.82, 2.24) is 9.88 Å². The van der Waals surface area contributed by atoms with Crippen molar-refractivity contribution >= 4 is 11.9 Å². The van der Waals surface area contributed by atoms with E-state index in [1.165, 1.54) is 26.1 Å². The summed E-state index contributed by atoms with van der Waals surface area (Å²) < 4.78 is 24.2. The molecule has 1 heterocycles. The van der Waals surface area contributed by atoms with Gasteiger partial charge in [-0.15, -0.1) is 0 Å². The van der Waals surface area contributed by atoms with Gasteiger partial charge in [0.1, 0.15) is 5.69 Å². The lowest BCUT2D eigenvalue weighted by Gasteiger charge is -2.16. The summed E-state index contributed by atoms with van der Waals surface area (Å²) in [6.45, 7) is 0.744. The van der Waals surface area contributed by atoms with Crippen LogP contribution in [0.25, 0.3) is 0 Å². The van der Waals surface area contributed by atoms with Crippen LogP contribution in [0.5, 0.6) is 0 Å². The first kappa shape index (κ1) is 14.0. The molecule has 0 aliphatic carbocycles. The van der Waals surface area contributed by atoms with Crippen LogP contribution in [0.1, 0.15) is 26.5 Å². The topological polar surface area (TPSA) is 70.5 Å². The second-order valence-corrected chi connectivity index (χ2v) is 3.71. The van der Waals surface area contributed by atoms with Crippen molar-refractivity contribution in [2.24, 2.45) is 0 Å². The van der Waals surface area contributed by atoms with Gasteiger partial charge in [-0.05, 0) is 19.1 Å². The van der Waals surface area contributed by atoms with E-state index in [9.17, 15) is 18.4 Å². The van der Waals surface area contributed by atoms with Crippen LogP contribution >= 0.6 is 0 Å². The normalized spacial score (nSPS) is 10.5. The molecule has 0 unspecified atom stereocenters. The molecule has 5 nitrogen and oxygen atoms in total. The number of aromatic nitrogens is 1. The summed E-state index contributed by atoms with van der Waals surface area (Å²) in [6, 6.07) is 2.44. The van der Waals surface area contributed by atoms with E-state index in [-0.39, 0.29) is 17.0 Å². The first-order valence-electron chi connectivity index (χ1n) is 5.07. The van der Waals surface area contributed by atoms with Crippen LogP contribution in [0, 0.1) is 6.92 Å². The summed E-state index contributed by atoms with van der Waals surface area (Å²) in [5.41, 5.74) is 0.0857. The number of hydrogen-bond acceptors (Lipinski definition) is 3. The fourth-order valence-corrected chi connectivity index (χ4v) is 1.39. The molecule has 0 saturated carbocycles. The Kier molecular flexibility index (Phi) is 4.30. The molecule has 0 radical (unpaired) electrons. The zero-order valence-corrected chi connectivity index (χ0v) is 9.85. The third-order valence-corrected chi connectivity index (χ3v) is 2.29. The van der Waals surface area contributed by atoms with Crippen molar-refractivity contribution in [3.05, 3.63) is 29.1 Å². The number of hydrogen-bond donors (Lipinski definition) is 1. The van der Waals surface area contributed by atoms with Gasteiger partial charge in [0.25, 0.3) is 12.3 Å². The number of aryl methyl sites for hydroxylation is 1. The Hall–Kier alpha value is -2.05. The Morgan fingerprint density at radius 1 is 1.44 bits per heavy atom. The van der Waals surface area contributed by atoms with Crippen LogP contribution in [0.4, 0.5) is 8.78 Å². The van der Waals surface area contributed by atoms with E-state index in [2.05, 4.69) is 4.98 Å². The third kappa shape index (κ3) is 3.22. The van der Waals surface area contributed by atoms with Gasteiger partial charge in [-0.3, -0.25) is 4.79 Å². The number of carbonyl (C=O) groups excluding carboxylic acids is 1.